The van der Waals surface area contributed by atoms with Crippen LogP contribution in [0.2, 0.25) is 0 Å². The van der Waals surface area contributed by atoms with E-state index in [9.17, 15) is 15.0 Å². The van der Waals surface area contributed by atoms with Gasteiger partial charge in [0.05, 0.1) is 7.11 Å². The minimum atomic E-state index is -0.332. The lowest BCUT2D eigenvalue weighted by Gasteiger charge is -2.18. The number of benzene rings is 2. The number of phenolic OH excluding ortho intramolecular Hbond substituents is 2. The van der Waals surface area contributed by atoms with Crippen LogP contribution in [0.3, 0.4) is 0 Å². The summed E-state index contributed by atoms with van der Waals surface area (Å²) in [6, 6.07) is 10.8. The van der Waals surface area contributed by atoms with Crippen LogP contribution in [0.1, 0.15) is 10.4 Å². The number of rotatable bonds is 3. The summed E-state index contributed by atoms with van der Waals surface area (Å²) in [6.45, 7) is 0. The number of phenols is 2. The molecule has 0 fully saturated rings. The number of carbonyl (C=O) groups excluding carboxylic acids is 1. The maximum atomic E-state index is 12.3. The highest BCUT2D eigenvalue weighted by Gasteiger charge is 2.15. The summed E-state index contributed by atoms with van der Waals surface area (Å²) < 4.78 is 5.06. The summed E-state index contributed by atoms with van der Waals surface area (Å²) in [5, 5.41) is 18.8. The normalized spacial score (nSPS) is 10.1. The van der Waals surface area contributed by atoms with Crippen LogP contribution in [0, 0.1) is 0 Å². The average Bonchev–Trinajstić information content (AvgIpc) is 2.45. The Morgan fingerprint density at radius 2 is 1.60 bits per heavy atom. The van der Waals surface area contributed by atoms with Crippen molar-refractivity contribution in [1.82, 2.24) is 0 Å². The number of amides is 1. The van der Waals surface area contributed by atoms with Crippen LogP contribution in [-0.4, -0.2) is 30.3 Å². The van der Waals surface area contributed by atoms with Crippen molar-refractivity contribution < 1.29 is 19.7 Å². The van der Waals surface area contributed by atoms with Crippen molar-refractivity contribution >= 4 is 11.6 Å². The third kappa shape index (κ3) is 2.83. The van der Waals surface area contributed by atoms with Gasteiger partial charge in [-0.1, -0.05) is 0 Å². The number of hydrogen-bond acceptors (Lipinski definition) is 4. The van der Waals surface area contributed by atoms with Gasteiger partial charge in [-0.3, -0.25) is 4.79 Å². The lowest BCUT2D eigenvalue weighted by Crippen LogP contribution is -2.26. The van der Waals surface area contributed by atoms with Gasteiger partial charge in [-0.05, 0) is 36.4 Å². The van der Waals surface area contributed by atoms with E-state index in [0.29, 0.717) is 11.4 Å². The molecule has 0 radical (unpaired) electrons. The zero-order valence-electron chi connectivity index (χ0n) is 11.2. The molecule has 1 amide bonds. The molecule has 0 heterocycles. The molecule has 2 N–H and O–H groups in total. The number of anilines is 1. The third-order valence-electron chi connectivity index (χ3n) is 2.91. The fraction of sp³-hybridized carbons (Fsp3) is 0.133. The second kappa shape index (κ2) is 5.52. The Kier molecular flexibility index (Phi) is 3.79. The van der Waals surface area contributed by atoms with Gasteiger partial charge in [0.15, 0.2) is 0 Å². The van der Waals surface area contributed by atoms with Crippen LogP contribution in [-0.2, 0) is 0 Å². The third-order valence-corrected chi connectivity index (χ3v) is 2.91. The number of carbonyl (C=O) groups is 1. The molecule has 104 valence electrons. The predicted octanol–water partition coefficient (Wildman–Crippen LogP) is 2.38. The summed E-state index contributed by atoms with van der Waals surface area (Å²) in [5.41, 5.74) is 0.888. The van der Waals surface area contributed by atoms with Crippen molar-refractivity contribution in [2.75, 3.05) is 19.1 Å². The molecule has 0 aromatic heterocycles. The van der Waals surface area contributed by atoms with Crippen LogP contribution in [0.25, 0.3) is 0 Å². The highest BCUT2D eigenvalue weighted by atomic mass is 16.5. The molecule has 5 heteroatoms. The van der Waals surface area contributed by atoms with E-state index in [1.165, 1.54) is 23.1 Å². The van der Waals surface area contributed by atoms with Gasteiger partial charge in [0, 0.05) is 24.4 Å². The summed E-state index contributed by atoms with van der Waals surface area (Å²) in [5.74, 6) is 0.0546. The van der Waals surface area contributed by atoms with Gasteiger partial charge in [0.25, 0.3) is 5.91 Å². The number of nitrogens with zero attached hydrogens (tertiary/aromatic N) is 1. The zero-order valence-corrected chi connectivity index (χ0v) is 11.2. The highest BCUT2D eigenvalue weighted by Crippen LogP contribution is 2.24. The minimum absolute atomic E-state index is 0.156. The van der Waals surface area contributed by atoms with Gasteiger partial charge < -0.3 is 19.8 Å². The molecule has 0 saturated heterocycles. The first-order valence-corrected chi connectivity index (χ1v) is 5.96. The smallest absolute Gasteiger partial charge is 0.258 e. The standard InChI is InChI=1S/C15H15NO4/c1-16(11-3-5-14(20-2)6-4-11)15(19)10-7-12(17)9-13(18)8-10/h3-9,17-18H,1-2H3. The van der Waals surface area contributed by atoms with E-state index in [0.717, 1.165) is 0 Å². The maximum Gasteiger partial charge on any atom is 0.258 e. The molecular formula is C15H15NO4. The SMILES string of the molecule is COc1ccc(N(C)C(=O)c2cc(O)cc(O)c2)cc1. The van der Waals surface area contributed by atoms with Crippen LogP contribution in [0.5, 0.6) is 17.2 Å². The number of ether oxygens (including phenoxy) is 1. The van der Waals surface area contributed by atoms with Crippen molar-refractivity contribution in [2.45, 2.75) is 0 Å². The van der Waals surface area contributed by atoms with Crippen LogP contribution < -0.4 is 9.64 Å². The van der Waals surface area contributed by atoms with Crippen molar-refractivity contribution in [3.05, 3.63) is 48.0 Å². The fourth-order valence-electron chi connectivity index (χ4n) is 1.84. The Hall–Kier alpha value is -2.69. The number of methoxy groups -OCH3 is 1. The van der Waals surface area contributed by atoms with E-state index < -0.39 is 0 Å². The zero-order chi connectivity index (χ0) is 14.7. The van der Waals surface area contributed by atoms with Gasteiger partial charge in [-0.25, -0.2) is 0 Å². The topological polar surface area (TPSA) is 70.0 Å². The maximum absolute atomic E-state index is 12.3. The Balaban J connectivity index is 2.27. The van der Waals surface area contributed by atoms with E-state index in [1.807, 2.05) is 0 Å². The molecule has 0 aliphatic carbocycles. The predicted molar refractivity (Wildman–Crippen MR) is 75.5 cm³/mol. The van der Waals surface area contributed by atoms with Crippen molar-refractivity contribution in [1.29, 1.82) is 0 Å². The van der Waals surface area contributed by atoms with Gasteiger partial charge in [-0.15, -0.1) is 0 Å². The second-order valence-electron chi connectivity index (χ2n) is 4.30. The summed E-state index contributed by atoms with van der Waals surface area (Å²) in [4.78, 5) is 13.7. The van der Waals surface area contributed by atoms with Crippen LogP contribution >= 0.6 is 0 Å². The quantitative estimate of drug-likeness (QED) is 0.900. The van der Waals surface area contributed by atoms with E-state index in [1.54, 1.807) is 38.4 Å². The second-order valence-corrected chi connectivity index (χ2v) is 4.30. The molecule has 2 rings (SSSR count). The monoisotopic (exact) mass is 273 g/mol. The first-order chi connectivity index (χ1) is 9.51. The minimum Gasteiger partial charge on any atom is -0.508 e. The Bertz CT molecular complexity index is 602. The molecule has 0 saturated carbocycles. The Morgan fingerprint density at radius 1 is 1.05 bits per heavy atom. The highest BCUT2D eigenvalue weighted by molar-refractivity contribution is 6.06. The molecule has 0 atom stereocenters. The van der Waals surface area contributed by atoms with E-state index in [-0.39, 0.29) is 23.0 Å². The molecule has 0 spiro atoms. The summed E-state index contributed by atoms with van der Waals surface area (Å²) >= 11 is 0. The van der Waals surface area contributed by atoms with Gasteiger partial charge in [-0.2, -0.15) is 0 Å². The molecule has 0 bridgehead atoms. The number of hydrogen-bond donors (Lipinski definition) is 2. The first-order valence-electron chi connectivity index (χ1n) is 5.96. The van der Waals surface area contributed by atoms with Gasteiger partial charge >= 0.3 is 0 Å². The molecule has 2 aromatic rings. The first kappa shape index (κ1) is 13.7. The van der Waals surface area contributed by atoms with E-state index >= 15 is 0 Å². The summed E-state index contributed by atoms with van der Waals surface area (Å²) in [7, 11) is 3.19. The molecule has 0 unspecified atom stereocenters. The molecule has 0 aliphatic rings. The van der Waals surface area contributed by atoms with Crippen LogP contribution in [0.15, 0.2) is 42.5 Å². The van der Waals surface area contributed by atoms with Gasteiger partial charge in [0.2, 0.25) is 0 Å². The Labute approximate surface area is 116 Å². The molecule has 20 heavy (non-hydrogen) atoms. The van der Waals surface area contributed by atoms with E-state index in [4.69, 9.17) is 4.74 Å². The molecule has 0 aliphatic heterocycles. The van der Waals surface area contributed by atoms with E-state index in [2.05, 4.69) is 0 Å². The fourth-order valence-corrected chi connectivity index (χ4v) is 1.84. The van der Waals surface area contributed by atoms with Crippen molar-refractivity contribution in [2.24, 2.45) is 0 Å². The molecule has 2 aromatic carbocycles. The molecular weight excluding hydrogens is 258 g/mol. The lowest BCUT2D eigenvalue weighted by molar-refractivity contribution is 0.0992. The van der Waals surface area contributed by atoms with Crippen LogP contribution in [0.4, 0.5) is 5.69 Å². The van der Waals surface area contributed by atoms with Gasteiger partial charge in [0.1, 0.15) is 17.2 Å². The lowest BCUT2D eigenvalue weighted by atomic mass is 10.1. The average molecular weight is 273 g/mol. The number of aromatic hydroxyl groups is 2. The molecule has 5 nitrogen and oxygen atoms in total. The summed E-state index contributed by atoms with van der Waals surface area (Å²) in [6.07, 6.45) is 0. The van der Waals surface area contributed by atoms with Crippen molar-refractivity contribution in [3.63, 3.8) is 0 Å². The Morgan fingerprint density at radius 3 is 2.10 bits per heavy atom. The largest absolute Gasteiger partial charge is 0.508 e. The van der Waals surface area contributed by atoms with Crippen molar-refractivity contribution in [3.8, 4) is 17.2 Å².